The summed E-state index contributed by atoms with van der Waals surface area (Å²) in [6.45, 7) is 10.3. The number of aromatic nitrogens is 1. The number of aryl methyl sites for hydroxylation is 3. The third-order valence-electron chi connectivity index (χ3n) is 3.80. The van der Waals surface area contributed by atoms with Crippen LogP contribution in [0.4, 0.5) is 11.5 Å². The van der Waals surface area contributed by atoms with Gasteiger partial charge < -0.3 is 10.2 Å². The van der Waals surface area contributed by atoms with Crippen LogP contribution in [0, 0.1) is 20.8 Å². The number of pyridine rings is 1. The lowest BCUT2D eigenvalue weighted by molar-refractivity contribution is 0.720. The van der Waals surface area contributed by atoms with Gasteiger partial charge in [-0.3, -0.25) is 0 Å². The summed E-state index contributed by atoms with van der Waals surface area (Å²) in [7, 11) is 2.07. The highest BCUT2D eigenvalue weighted by atomic mass is 15.2. The zero-order chi connectivity index (χ0) is 15.4. The highest BCUT2D eigenvalue weighted by Gasteiger charge is 2.10. The van der Waals surface area contributed by atoms with Gasteiger partial charge in [0.25, 0.3) is 0 Å². The number of hydrogen-bond acceptors (Lipinski definition) is 3. The number of hydrogen-bond donors (Lipinski definition) is 1. The average Bonchev–Trinajstić information content (AvgIpc) is 2.45. The van der Waals surface area contributed by atoms with Crippen molar-refractivity contribution in [2.75, 3.05) is 18.5 Å². The molecule has 1 aromatic heterocycles. The van der Waals surface area contributed by atoms with Crippen LogP contribution in [0.15, 0.2) is 30.3 Å². The van der Waals surface area contributed by atoms with Crippen molar-refractivity contribution in [2.24, 2.45) is 0 Å². The van der Waals surface area contributed by atoms with Crippen LogP contribution in [0.25, 0.3) is 0 Å². The van der Waals surface area contributed by atoms with Crippen LogP contribution >= 0.6 is 0 Å². The van der Waals surface area contributed by atoms with E-state index in [1.54, 1.807) is 0 Å². The third-order valence-corrected chi connectivity index (χ3v) is 3.80. The minimum atomic E-state index is 0.878. The molecule has 0 aliphatic carbocycles. The van der Waals surface area contributed by atoms with E-state index in [2.05, 4.69) is 75.3 Å². The summed E-state index contributed by atoms with van der Waals surface area (Å²) in [5, 5.41) is 3.35. The van der Waals surface area contributed by atoms with Crippen molar-refractivity contribution in [1.29, 1.82) is 0 Å². The zero-order valence-electron chi connectivity index (χ0n) is 13.7. The van der Waals surface area contributed by atoms with Crippen LogP contribution in [0.5, 0.6) is 0 Å². The van der Waals surface area contributed by atoms with Crippen LogP contribution in [-0.2, 0) is 6.54 Å². The molecule has 0 atom stereocenters. The Morgan fingerprint density at radius 1 is 1.10 bits per heavy atom. The summed E-state index contributed by atoms with van der Waals surface area (Å²) in [4.78, 5) is 6.90. The van der Waals surface area contributed by atoms with Gasteiger partial charge in [-0.05, 0) is 50.6 Å². The molecule has 3 nitrogen and oxygen atoms in total. The van der Waals surface area contributed by atoms with Gasteiger partial charge in [0, 0.05) is 25.0 Å². The minimum Gasteiger partial charge on any atom is -0.329 e. The summed E-state index contributed by atoms with van der Waals surface area (Å²) in [5.41, 5.74) is 6.11. The van der Waals surface area contributed by atoms with Crippen molar-refractivity contribution in [1.82, 2.24) is 10.3 Å². The Bertz CT molecular complexity index is 620. The second-order valence-electron chi connectivity index (χ2n) is 5.54. The fraction of sp³-hybridized carbons (Fsp3) is 0.389. The highest BCUT2D eigenvalue weighted by Crippen LogP contribution is 2.26. The van der Waals surface area contributed by atoms with Gasteiger partial charge in [0.2, 0.25) is 0 Å². The van der Waals surface area contributed by atoms with E-state index in [-0.39, 0.29) is 0 Å². The lowest BCUT2D eigenvalue weighted by Gasteiger charge is -2.22. The first kappa shape index (κ1) is 15.5. The number of anilines is 2. The van der Waals surface area contributed by atoms with E-state index in [1.807, 2.05) is 0 Å². The molecule has 2 rings (SSSR count). The Morgan fingerprint density at radius 3 is 2.48 bits per heavy atom. The Hall–Kier alpha value is -1.87. The SMILES string of the molecule is CCNCc1ccc(N(C)c2ccc(C)cc2C)nc1C. The number of nitrogens with one attached hydrogen (secondary N) is 1. The molecule has 0 unspecified atom stereocenters. The fourth-order valence-corrected chi connectivity index (χ4v) is 2.52. The molecule has 1 aromatic carbocycles. The number of rotatable bonds is 5. The maximum absolute atomic E-state index is 4.75. The zero-order valence-corrected chi connectivity index (χ0v) is 13.7. The maximum Gasteiger partial charge on any atom is 0.132 e. The summed E-state index contributed by atoms with van der Waals surface area (Å²) in [6, 6.07) is 10.8. The second-order valence-corrected chi connectivity index (χ2v) is 5.54. The monoisotopic (exact) mass is 283 g/mol. The molecule has 3 heteroatoms. The van der Waals surface area contributed by atoms with Crippen LogP contribution in [0.1, 0.15) is 29.3 Å². The van der Waals surface area contributed by atoms with Gasteiger partial charge in [-0.15, -0.1) is 0 Å². The van der Waals surface area contributed by atoms with Gasteiger partial charge in [-0.2, -0.15) is 0 Å². The first-order valence-electron chi connectivity index (χ1n) is 7.51. The largest absolute Gasteiger partial charge is 0.329 e. The summed E-state index contributed by atoms with van der Waals surface area (Å²) in [6.07, 6.45) is 0. The molecule has 0 amide bonds. The van der Waals surface area contributed by atoms with Crippen molar-refractivity contribution in [3.8, 4) is 0 Å². The van der Waals surface area contributed by atoms with Gasteiger partial charge in [0.05, 0.1) is 0 Å². The van der Waals surface area contributed by atoms with Crippen molar-refractivity contribution < 1.29 is 0 Å². The molecule has 0 saturated carbocycles. The highest BCUT2D eigenvalue weighted by molar-refractivity contribution is 5.63. The molecule has 0 aliphatic heterocycles. The molecular weight excluding hydrogens is 258 g/mol. The topological polar surface area (TPSA) is 28.2 Å². The van der Waals surface area contributed by atoms with Gasteiger partial charge in [-0.25, -0.2) is 4.98 Å². The molecule has 2 aromatic rings. The average molecular weight is 283 g/mol. The predicted octanol–water partition coefficient (Wildman–Crippen LogP) is 3.88. The molecule has 0 aliphatic rings. The normalized spacial score (nSPS) is 10.7. The van der Waals surface area contributed by atoms with Crippen LogP contribution < -0.4 is 10.2 Å². The number of benzene rings is 1. The van der Waals surface area contributed by atoms with Crippen molar-refractivity contribution in [3.05, 3.63) is 52.7 Å². The molecule has 0 radical (unpaired) electrons. The summed E-state index contributed by atoms with van der Waals surface area (Å²) < 4.78 is 0. The van der Waals surface area contributed by atoms with E-state index in [0.29, 0.717) is 0 Å². The molecule has 1 heterocycles. The van der Waals surface area contributed by atoms with Gasteiger partial charge in [0.15, 0.2) is 0 Å². The van der Waals surface area contributed by atoms with E-state index in [0.717, 1.165) is 24.6 Å². The molecule has 21 heavy (non-hydrogen) atoms. The van der Waals surface area contributed by atoms with E-state index in [1.165, 1.54) is 22.4 Å². The van der Waals surface area contributed by atoms with Crippen LogP contribution in [-0.4, -0.2) is 18.6 Å². The fourth-order valence-electron chi connectivity index (χ4n) is 2.52. The van der Waals surface area contributed by atoms with E-state index < -0.39 is 0 Å². The van der Waals surface area contributed by atoms with Crippen molar-refractivity contribution in [3.63, 3.8) is 0 Å². The minimum absolute atomic E-state index is 0.878. The molecule has 0 spiro atoms. The molecule has 112 valence electrons. The van der Waals surface area contributed by atoms with E-state index >= 15 is 0 Å². The van der Waals surface area contributed by atoms with E-state index in [4.69, 9.17) is 4.98 Å². The predicted molar refractivity (Wildman–Crippen MR) is 90.3 cm³/mol. The lowest BCUT2D eigenvalue weighted by Crippen LogP contribution is -2.16. The maximum atomic E-state index is 4.75. The summed E-state index contributed by atoms with van der Waals surface area (Å²) in [5.74, 6) is 0.986. The lowest BCUT2D eigenvalue weighted by atomic mass is 10.1. The quantitative estimate of drug-likeness (QED) is 0.902. The van der Waals surface area contributed by atoms with Gasteiger partial charge >= 0.3 is 0 Å². The summed E-state index contributed by atoms with van der Waals surface area (Å²) >= 11 is 0. The number of nitrogens with zero attached hydrogens (tertiary/aromatic N) is 2. The Balaban J connectivity index is 2.27. The van der Waals surface area contributed by atoms with Crippen molar-refractivity contribution >= 4 is 11.5 Å². The van der Waals surface area contributed by atoms with Crippen LogP contribution in [0.3, 0.4) is 0 Å². The first-order chi connectivity index (χ1) is 10.0. The van der Waals surface area contributed by atoms with Crippen LogP contribution in [0.2, 0.25) is 0 Å². The molecule has 0 fully saturated rings. The van der Waals surface area contributed by atoms with Crippen molar-refractivity contribution in [2.45, 2.75) is 34.2 Å². The van der Waals surface area contributed by atoms with E-state index in [9.17, 15) is 0 Å². The van der Waals surface area contributed by atoms with Gasteiger partial charge in [-0.1, -0.05) is 30.7 Å². The smallest absolute Gasteiger partial charge is 0.132 e. The second kappa shape index (κ2) is 6.72. The standard InChI is InChI=1S/C18H25N3/c1-6-19-12-16-8-10-18(20-15(16)4)21(5)17-9-7-13(2)11-14(17)3/h7-11,19H,6,12H2,1-5H3. The van der Waals surface area contributed by atoms with Gasteiger partial charge in [0.1, 0.15) is 5.82 Å². The molecular formula is C18H25N3. The molecule has 0 saturated heterocycles. The molecule has 0 bridgehead atoms. The first-order valence-corrected chi connectivity index (χ1v) is 7.51. The molecule has 1 N–H and O–H groups in total. The Labute approximate surface area is 128 Å². The third kappa shape index (κ3) is 3.61. The Morgan fingerprint density at radius 2 is 1.86 bits per heavy atom. The Kier molecular flexibility index (Phi) is 4.97.